The molecule has 1 aromatic carbocycles. The summed E-state index contributed by atoms with van der Waals surface area (Å²) in [7, 11) is 3.99. The van der Waals surface area contributed by atoms with E-state index in [0.29, 0.717) is 4.88 Å². The van der Waals surface area contributed by atoms with Crippen molar-refractivity contribution in [3.8, 4) is 10.6 Å². The molecule has 3 heterocycles. The van der Waals surface area contributed by atoms with E-state index in [0.717, 1.165) is 36.6 Å². The van der Waals surface area contributed by atoms with E-state index in [-0.39, 0.29) is 11.9 Å². The molecule has 3 aromatic rings. The molecule has 4 rings (SSSR count). The van der Waals surface area contributed by atoms with Crippen LogP contribution in [0.4, 0.5) is 0 Å². The zero-order chi connectivity index (χ0) is 18.8. The first kappa shape index (κ1) is 17.9. The Labute approximate surface area is 163 Å². The van der Waals surface area contributed by atoms with E-state index < -0.39 is 0 Å². The quantitative estimate of drug-likeness (QED) is 0.697. The van der Waals surface area contributed by atoms with Crippen molar-refractivity contribution in [1.82, 2.24) is 24.6 Å². The van der Waals surface area contributed by atoms with Crippen LogP contribution < -0.4 is 0 Å². The molecule has 1 saturated heterocycles. The first-order valence-corrected chi connectivity index (χ1v) is 9.90. The molecule has 0 N–H and O–H groups in total. The van der Waals surface area contributed by atoms with Crippen LogP contribution >= 0.6 is 11.3 Å². The van der Waals surface area contributed by atoms with Crippen LogP contribution in [0.3, 0.4) is 0 Å². The summed E-state index contributed by atoms with van der Waals surface area (Å²) in [5, 5.41) is 5.02. The summed E-state index contributed by atoms with van der Waals surface area (Å²) in [5.41, 5.74) is 2.21. The second-order valence-electron chi connectivity index (χ2n) is 7.04. The molecule has 0 bridgehead atoms. The van der Waals surface area contributed by atoms with Crippen LogP contribution in [0.1, 0.15) is 15.2 Å². The fraction of sp³-hybridized carbons (Fsp3) is 0.350. The van der Waals surface area contributed by atoms with Gasteiger partial charge in [0.15, 0.2) is 0 Å². The summed E-state index contributed by atoms with van der Waals surface area (Å²) < 4.78 is 1.74. The van der Waals surface area contributed by atoms with Crippen molar-refractivity contribution in [3.05, 3.63) is 59.4 Å². The number of nitrogens with zero attached hydrogens (tertiary/aromatic N) is 5. The minimum absolute atomic E-state index is 0.0803. The van der Waals surface area contributed by atoms with Crippen molar-refractivity contribution in [2.24, 2.45) is 7.05 Å². The molecule has 1 aliphatic heterocycles. The van der Waals surface area contributed by atoms with E-state index in [1.807, 2.05) is 24.2 Å². The number of hydrogen-bond acceptors (Lipinski definition) is 5. The third-order valence-corrected chi connectivity index (χ3v) is 5.96. The topological polar surface area (TPSA) is 54.3 Å². The van der Waals surface area contributed by atoms with E-state index in [9.17, 15) is 4.79 Å². The summed E-state index contributed by atoms with van der Waals surface area (Å²) in [6, 6.07) is 10.6. The fourth-order valence-electron chi connectivity index (χ4n) is 3.52. The highest BCUT2D eigenvalue weighted by molar-refractivity contribution is 7.16. The van der Waals surface area contributed by atoms with Gasteiger partial charge in [-0.25, -0.2) is 4.98 Å². The van der Waals surface area contributed by atoms with Gasteiger partial charge in [0.25, 0.3) is 5.91 Å². The Hall–Kier alpha value is -2.51. The number of rotatable bonds is 4. The predicted molar refractivity (Wildman–Crippen MR) is 107 cm³/mol. The number of carbonyl (C=O) groups is 1. The van der Waals surface area contributed by atoms with Gasteiger partial charge in [-0.1, -0.05) is 30.3 Å². The molecule has 1 atom stereocenters. The SMILES string of the molecule is CN1CCN(C(=O)c2cnc(-c3cnn(C)c3)s2)C(Cc2ccccc2)C1. The fourth-order valence-corrected chi connectivity index (χ4v) is 4.37. The van der Waals surface area contributed by atoms with E-state index in [1.54, 1.807) is 17.1 Å². The van der Waals surface area contributed by atoms with E-state index >= 15 is 0 Å². The lowest BCUT2D eigenvalue weighted by atomic mass is 10.0. The van der Waals surface area contributed by atoms with Crippen LogP contribution in [0.15, 0.2) is 48.9 Å². The molecule has 7 heteroatoms. The maximum absolute atomic E-state index is 13.2. The van der Waals surface area contributed by atoms with Gasteiger partial charge in [0.05, 0.1) is 12.4 Å². The number of piperazine rings is 1. The van der Waals surface area contributed by atoms with Gasteiger partial charge in [-0.05, 0) is 19.0 Å². The highest BCUT2D eigenvalue weighted by atomic mass is 32.1. The van der Waals surface area contributed by atoms with Crippen molar-refractivity contribution in [2.45, 2.75) is 12.5 Å². The average Bonchev–Trinajstić information content (AvgIpc) is 3.31. The minimum atomic E-state index is 0.0803. The second kappa shape index (κ2) is 7.62. The molecule has 2 aromatic heterocycles. The number of likely N-dealkylation sites (N-methyl/N-ethyl adjacent to an activating group) is 1. The molecule has 1 fully saturated rings. The van der Waals surface area contributed by atoms with Gasteiger partial charge in [-0.2, -0.15) is 5.10 Å². The highest BCUT2D eigenvalue weighted by Crippen LogP contribution is 2.27. The van der Waals surface area contributed by atoms with Gasteiger partial charge in [-0.3, -0.25) is 9.48 Å². The van der Waals surface area contributed by atoms with Crippen molar-refractivity contribution in [2.75, 3.05) is 26.7 Å². The normalized spacial score (nSPS) is 18.0. The molecule has 1 aliphatic rings. The largest absolute Gasteiger partial charge is 0.332 e. The highest BCUT2D eigenvalue weighted by Gasteiger charge is 2.30. The van der Waals surface area contributed by atoms with Gasteiger partial charge in [0.2, 0.25) is 0 Å². The van der Waals surface area contributed by atoms with Gasteiger partial charge in [0, 0.05) is 44.5 Å². The molecule has 0 radical (unpaired) electrons. The van der Waals surface area contributed by atoms with Gasteiger partial charge in [-0.15, -0.1) is 11.3 Å². The molecule has 140 valence electrons. The first-order chi connectivity index (χ1) is 13.1. The van der Waals surface area contributed by atoms with E-state index in [2.05, 4.69) is 46.3 Å². The number of aryl methyl sites for hydroxylation is 1. The van der Waals surface area contributed by atoms with Crippen LogP contribution in [0.2, 0.25) is 0 Å². The summed E-state index contributed by atoms with van der Waals surface area (Å²) in [5.74, 6) is 0.0803. The standard InChI is InChI=1S/C20H23N5OS/c1-23-8-9-25(17(14-23)10-15-6-4-3-5-7-15)20(26)18-12-21-19(27-18)16-11-22-24(2)13-16/h3-7,11-13,17H,8-10,14H2,1-2H3. The molecule has 27 heavy (non-hydrogen) atoms. The Morgan fingerprint density at radius 1 is 1.19 bits per heavy atom. The smallest absolute Gasteiger partial charge is 0.265 e. The lowest BCUT2D eigenvalue weighted by Gasteiger charge is -2.40. The monoisotopic (exact) mass is 381 g/mol. The number of hydrogen-bond donors (Lipinski definition) is 0. The summed E-state index contributed by atoms with van der Waals surface area (Å²) in [4.78, 5) is 22.7. The third kappa shape index (κ3) is 3.94. The van der Waals surface area contributed by atoms with Crippen LogP contribution in [0, 0.1) is 0 Å². The van der Waals surface area contributed by atoms with Crippen LogP contribution in [-0.2, 0) is 13.5 Å². The van der Waals surface area contributed by atoms with Crippen molar-refractivity contribution in [3.63, 3.8) is 0 Å². The van der Waals surface area contributed by atoms with Crippen LogP contribution in [-0.4, -0.2) is 63.2 Å². The summed E-state index contributed by atoms with van der Waals surface area (Å²) in [6.07, 6.45) is 6.26. The number of benzene rings is 1. The molecule has 0 saturated carbocycles. The van der Waals surface area contributed by atoms with Crippen LogP contribution in [0.25, 0.3) is 10.6 Å². The Morgan fingerprint density at radius 3 is 2.74 bits per heavy atom. The zero-order valence-electron chi connectivity index (χ0n) is 15.6. The Morgan fingerprint density at radius 2 is 2.00 bits per heavy atom. The molecule has 0 spiro atoms. The molecule has 1 unspecified atom stereocenters. The Balaban J connectivity index is 1.54. The zero-order valence-corrected chi connectivity index (χ0v) is 16.4. The third-order valence-electron chi connectivity index (χ3n) is 4.93. The Kier molecular flexibility index (Phi) is 5.05. The molecular formula is C20H23N5OS. The lowest BCUT2D eigenvalue weighted by molar-refractivity contribution is 0.0506. The lowest BCUT2D eigenvalue weighted by Crippen LogP contribution is -2.54. The molecular weight excluding hydrogens is 358 g/mol. The molecule has 1 amide bonds. The second-order valence-corrected chi connectivity index (χ2v) is 8.07. The van der Waals surface area contributed by atoms with Crippen molar-refractivity contribution >= 4 is 17.2 Å². The number of aromatic nitrogens is 3. The average molecular weight is 382 g/mol. The first-order valence-electron chi connectivity index (χ1n) is 9.08. The van der Waals surface area contributed by atoms with E-state index in [4.69, 9.17) is 0 Å². The Bertz CT molecular complexity index is 919. The number of carbonyl (C=O) groups excluding carboxylic acids is 1. The number of amides is 1. The molecule has 0 aliphatic carbocycles. The predicted octanol–water partition coefficient (Wildman–Crippen LogP) is 2.54. The summed E-state index contributed by atoms with van der Waals surface area (Å²) >= 11 is 1.44. The van der Waals surface area contributed by atoms with Gasteiger partial charge < -0.3 is 9.80 Å². The summed E-state index contributed by atoms with van der Waals surface area (Å²) in [6.45, 7) is 2.52. The van der Waals surface area contributed by atoms with Crippen molar-refractivity contribution in [1.29, 1.82) is 0 Å². The van der Waals surface area contributed by atoms with Crippen molar-refractivity contribution < 1.29 is 4.79 Å². The number of thiazole rings is 1. The molecule has 6 nitrogen and oxygen atoms in total. The maximum atomic E-state index is 13.2. The van der Waals surface area contributed by atoms with E-state index in [1.165, 1.54) is 16.9 Å². The van der Waals surface area contributed by atoms with Crippen LogP contribution in [0.5, 0.6) is 0 Å². The minimum Gasteiger partial charge on any atom is -0.332 e. The maximum Gasteiger partial charge on any atom is 0.265 e. The van der Waals surface area contributed by atoms with Gasteiger partial charge in [0.1, 0.15) is 9.88 Å². The van der Waals surface area contributed by atoms with Gasteiger partial charge >= 0.3 is 0 Å².